The summed E-state index contributed by atoms with van der Waals surface area (Å²) in [5.74, 6) is 2.72. The number of nitrogens with two attached hydrogens (primary N) is 1. The molecule has 3 nitrogen and oxygen atoms in total. The maximum absolute atomic E-state index is 5.65. The molecule has 0 aromatic carbocycles. The highest BCUT2D eigenvalue weighted by molar-refractivity contribution is 6.30. The Balaban J connectivity index is 2.85. The Morgan fingerprint density at radius 2 is 2.46 bits per heavy atom. The highest BCUT2D eigenvalue weighted by Crippen LogP contribution is 2.22. The highest BCUT2D eigenvalue weighted by atomic mass is 35.5. The van der Waals surface area contributed by atoms with E-state index in [1.165, 1.54) is 6.20 Å². The van der Waals surface area contributed by atoms with Crippen LogP contribution in [-0.4, -0.2) is 11.1 Å². The Morgan fingerprint density at radius 3 is 3.00 bits per heavy atom. The maximum Gasteiger partial charge on any atom is 0.238 e. The Bertz CT molecular complexity index is 346. The van der Waals surface area contributed by atoms with Crippen LogP contribution in [-0.2, 0) is 0 Å². The van der Waals surface area contributed by atoms with Gasteiger partial charge in [0.25, 0.3) is 0 Å². The fraction of sp³-hybridized carbons (Fsp3) is 0.222. The van der Waals surface area contributed by atoms with Crippen molar-refractivity contribution < 1.29 is 4.74 Å². The van der Waals surface area contributed by atoms with E-state index in [9.17, 15) is 0 Å². The minimum absolute atomic E-state index is 0.315. The monoisotopic (exact) mass is 196 g/mol. The van der Waals surface area contributed by atoms with Gasteiger partial charge in [-0.15, -0.1) is 6.42 Å². The van der Waals surface area contributed by atoms with Crippen LogP contribution in [0.4, 0.5) is 5.69 Å². The number of nitrogen functional groups attached to an aromatic ring is 1. The van der Waals surface area contributed by atoms with Gasteiger partial charge in [0.05, 0.1) is 10.7 Å². The standard InChI is InChI=1S/C9H9ClN2O/c1-3-6(2)13-9-8(11)4-7(10)5-12-9/h1,4-6H,11H2,2H3. The summed E-state index contributed by atoms with van der Waals surface area (Å²) in [5.41, 5.74) is 5.97. The van der Waals surface area contributed by atoms with Crippen molar-refractivity contribution >= 4 is 17.3 Å². The van der Waals surface area contributed by atoms with Gasteiger partial charge in [-0.2, -0.15) is 0 Å². The third kappa shape index (κ3) is 2.53. The van der Waals surface area contributed by atoms with E-state index in [1.54, 1.807) is 13.0 Å². The predicted octanol–water partition coefficient (Wildman–Crippen LogP) is 1.72. The Hall–Kier alpha value is -1.40. The second-order valence-electron chi connectivity index (χ2n) is 2.47. The van der Waals surface area contributed by atoms with Crippen LogP contribution < -0.4 is 10.5 Å². The van der Waals surface area contributed by atoms with E-state index in [-0.39, 0.29) is 6.10 Å². The fourth-order valence-electron chi connectivity index (χ4n) is 0.742. The van der Waals surface area contributed by atoms with Crippen molar-refractivity contribution in [3.05, 3.63) is 17.3 Å². The largest absolute Gasteiger partial charge is 0.460 e. The van der Waals surface area contributed by atoms with Crippen LogP contribution in [0, 0.1) is 12.3 Å². The van der Waals surface area contributed by atoms with Gasteiger partial charge >= 0.3 is 0 Å². The van der Waals surface area contributed by atoms with Crippen molar-refractivity contribution in [1.82, 2.24) is 4.98 Å². The summed E-state index contributed by atoms with van der Waals surface area (Å²) < 4.78 is 5.22. The second-order valence-corrected chi connectivity index (χ2v) is 2.91. The quantitative estimate of drug-likeness (QED) is 0.733. The molecule has 0 aliphatic rings. The number of hydrogen-bond donors (Lipinski definition) is 1. The molecule has 2 N–H and O–H groups in total. The van der Waals surface area contributed by atoms with E-state index in [2.05, 4.69) is 10.9 Å². The molecule has 1 heterocycles. The Labute approximate surface area is 81.9 Å². The van der Waals surface area contributed by atoms with Gasteiger partial charge in [0.2, 0.25) is 5.88 Å². The first-order chi connectivity index (χ1) is 6.13. The van der Waals surface area contributed by atoms with Crippen LogP contribution in [0.15, 0.2) is 12.3 Å². The summed E-state index contributed by atoms with van der Waals surface area (Å²) in [7, 11) is 0. The molecule has 0 radical (unpaired) electrons. The van der Waals surface area contributed by atoms with Crippen molar-refractivity contribution in [3.8, 4) is 18.2 Å². The summed E-state index contributed by atoms with van der Waals surface area (Å²) >= 11 is 5.65. The molecule has 1 atom stereocenters. The molecule has 4 heteroatoms. The third-order valence-corrected chi connectivity index (χ3v) is 1.58. The molecule has 13 heavy (non-hydrogen) atoms. The Morgan fingerprint density at radius 1 is 1.77 bits per heavy atom. The van der Waals surface area contributed by atoms with Gasteiger partial charge in [0, 0.05) is 6.20 Å². The first kappa shape index (κ1) is 9.69. The first-order valence-electron chi connectivity index (χ1n) is 3.67. The summed E-state index contributed by atoms with van der Waals surface area (Å²) in [6.45, 7) is 1.73. The lowest BCUT2D eigenvalue weighted by atomic mass is 10.4. The second kappa shape index (κ2) is 4.01. The summed E-state index contributed by atoms with van der Waals surface area (Å²) in [4.78, 5) is 3.89. The average molecular weight is 197 g/mol. The average Bonchev–Trinajstić information content (AvgIpc) is 2.09. The molecule has 0 fully saturated rings. The van der Waals surface area contributed by atoms with Crippen molar-refractivity contribution in [2.45, 2.75) is 13.0 Å². The molecule has 1 aromatic heterocycles. The maximum atomic E-state index is 5.65. The summed E-state index contributed by atoms with van der Waals surface area (Å²) in [6.07, 6.45) is 6.23. The van der Waals surface area contributed by atoms with Gasteiger partial charge in [-0.3, -0.25) is 0 Å². The van der Waals surface area contributed by atoms with Gasteiger partial charge in [-0.25, -0.2) is 4.98 Å². The number of aromatic nitrogens is 1. The molecule has 0 saturated heterocycles. The number of pyridine rings is 1. The normalized spacial score (nSPS) is 11.8. The number of terminal acetylenes is 1. The molecule has 1 aromatic rings. The lowest BCUT2D eigenvalue weighted by molar-refractivity contribution is 0.269. The van der Waals surface area contributed by atoms with E-state index in [0.29, 0.717) is 16.6 Å². The van der Waals surface area contributed by atoms with Crippen molar-refractivity contribution in [2.24, 2.45) is 0 Å². The van der Waals surface area contributed by atoms with Gasteiger partial charge in [-0.1, -0.05) is 17.5 Å². The molecule has 0 amide bonds. The lowest BCUT2D eigenvalue weighted by Gasteiger charge is -2.09. The first-order valence-corrected chi connectivity index (χ1v) is 4.05. The van der Waals surface area contributed by atoms with Gasteiger partial charge in [0.1, 0.15) is 0 Å². The zero-order valence-electron chi connectivity index (χ0n) is 7.12. The number of halogens is 1. The van der Waals surface area contributed by atoms with Crippen LogP contribution in [0.1, 0.15) is 6.92 Å². The smallest absolute Gasteiger partial charge is 0.238 e. The molecule has 1 rings (SSSR count). The molecular formula is C9H9ClN2O. The molecule has 0 saturated carbocycles. The van der Waals surface area contributed by atoms with E-state index in [4.69, 9.17) is 28.5 Å². The molecule has 68 valence electrons. The molecule has 0 aliphatic heterocycles. The van der Waals surface area contributed by atoms with Crippen LogP contribution in [0.5, 0.6) is 5.88 Å². The zero-order valence-corrected chi connectivity index (χ0v) is 7.88. The van der Waals surface area contributed by atoms with Gasteiger partial charge in [-0.05, 0) is 13.0 Å². The van der Waals surface area contributed by atoms with Gasteiger partial charge < -0.3 is 10.5 Å². The van der Waals surface area contributed by atoms with Crippen molar-refractivity contribution in [2.75, 3.05) is 5.73 Å². The fourth-order valence-corrected chi connectivity index (χ4v) is 0.909. The van der Waals surface area contributed by atoms with Crippen LogP contribution in [0.3, 0.4) is 0 Å². The van der Waals surface area contributed by atoms with E-state index in [0.717, 1.165) is 0 Å². The molecule has 0 bridgehead atoms. The number of ether oxygens (including phenoxy) is 1. The number of nitrogens with zero attached hydrogens (tertiary/aromatic N) is 1. The molecule has 0 aliphatic carbocycles. The molecule has 1 unspecified atom stereocenters. The van der Waals surface area contributed by atoms with Crippen LogP contribution in [0.25, 0.3) is 0 Å². The zero-order chi connectivity index (χ0) is 9.84. The summed E-state index contributed by atoms with van der Waals surface area (Å²) in [5, 5.41) is 0.471. The van der Waals surface area contributed by atoms with Crippen LogP contribution in [0.2, 0.25) is 5.02 Å². The van der Waals surface area contributed by atoms with Crippen molar-refractivity contribution in [3.63, 3.8) is 0 Å². The molecule has 0 spiro atoms. The number of hydrogen-bond acceptors (Lipinski definition) is 3. The topological polar surface area (TPSA) is 48.1 Å². The van der Waals surface area contributed by atoms with E-state index in [1.807, 2.05) is 0 Å². The SMILES string of the molecule is C#CC(C)Oc1ncc(Cl)cc1N. The third-order valence-electron chi connectivity index (χ3n) is 1.37. The predicted molar refractivity (Wildman–Crippen MR) is 52.6 cm³/mol. The summed E-state index contributed by atoms with van der Waals surface area (Å²) in [6, 6.07) is 1.56. The molecular weight excluding hydrogens is 188 g/mol. The van der Waals surface area contributed by atoms with E-state index < -0.39 is 0 Å². The number of anilines is 1. The minimum Gasteiger partial charge on any atom is -0.460 e. The van der Waals surface area contributed by atoms with E-state index >= 15 is 0 Å². The minimum atomic E-state index is -0.351. The van der Waals surface area contributed by atoms with Crippen LogP contribution >= 0.6 is 11.6 Å². The van der Waals surface area contributed by atoms with Gasteiger partial charge in [0.15, 0.2) is 6.10 Å². The van der Waals surface area contributed by atoms with Crippen molar-refractivity contribution in [1.29, 1.82) is 0 Å². The number of rotatable bonds is 2. The Kier molecular flexibility index (Phi) is 2.99. The lowest BCUT2D eigenvalue weighted by Crippen LogP contribution is -2.10. The highest BCUT2D eigenvalue weighted by Gasteiger charge is 2.05.